The number of aromatic nitrogens is 1. The van der Waals surface area contributed by atoms with Gasteiger partial charge in [0.15, 0.2) is 0 Å². The van der Waals surface area contributed by atoms with Gasteiger partial charge < -0.3 is 10.2 Å². The third-order valence-corrected chi connectivity index (χ3v) is 6.12. The fraction of sp³-hybridized carbons (Fsp3) is 0.296. The summed E-state index contributed by atoms with van der Waals surface area (Å²) in [4.78, 5) is 31.8. The summed E-state index contributed by atoms with van der Waals surface area (Å²) < 4.78 is 0. The summed E-state index contributed by atoms with van der Waals surface area (Å²) in [6, 6.07) is 22.1. The average Bonchev–Trinajstić information content (AvgIpc) is 2.87. The van der Waals surface area contributed by atoms with E-state index in [9.17, 15) is 9.59 Å². The largest absolute Gasteiger partial charge is 0.352 e. The van der Waals surface area contributed by atoms with Crippen molar-refractivity contribution in [1.29, 1.82) is 0 Å². The van der Waals surface area contributed by atoms with Crippen molar-refractivity contribution in [2.45, 2.75) is 32.2 Å². The van der Waals surface area contributed by atoms with E-state index in [0.717, 1.165) is 29.5 Å². The van der Waals surface area contributed by atoms with E-state index in [1.807, 2.05) is 53.4 Å². The molecule has 2 aromatic carbocycles. The summed E-state index contributed by atoms with van der Waals surface area (Å²) >= 11 is 0. The van der Waals surface area contributed by atoms with E-state index in [0.29, 0.717) is 32.5 Å². The second-order valence-electron chi connectivity index (χ2n) is 8.29. The standard InChI is InChI=1S/C27H29N3O2/c31-26(29-20-22-9-6-16-28-19-22)24-14-17-30(18-15-24)27(32)25-11-5-4-10-23(25)13-12-21-7-2-1-3-8-21/h1-11,16,19,24H,12-15,17-18,20H2,(H,29,31). The van der Waals surface area contributed by atoms with Crippen LogP contribution < -0.4 is 5.32 Å². The highest BCUT2D eigenvalue weighted by Crippen LogP contribution is 2.21. The second-order valence-corrected chi connectivity index (χ2v) is 8.29. The number of piperidine rings is 1. The van der Waals surface area contributed by atoms with Crippen molar-refractivity contribution >= 4 is 11.8 Å². The predicted molar refractivity (Wildman–Crippen MR) is 125 cm³/mol. The lowest BCUT2D eigenvalue weighted by Gasteiger charge is -2.32. The molecule has 0 bridgehead atoms. The predicted octanol–water partition coefficient (Wildman–Crippen LogP) is 4.04. The molecule has 3 aromatic rings. The van der Waals surface area contributed by atoms with Crippen LogP contribution in [-0.2, 0) is 24.2 Å². The first-order chi connectivity index (χ1) is 15.7. The molecule has 5 nitrogen and oxygen atoms in total. The summed E-state index contributed by atoms with van der Waals surface area (Å²) in [5.74, 6) is 0.0798. The van der Waals surface area contributed by atoms with E-state index in [-0.39, 0.29) is 17.7 Å². The Bertz CT molecular complexity index is 1030. The van der Waals surface area contributed by atoms with Crippen LogP contribution in [0.3, 0.4) is 0 Å². The first kappa shape index (κ1) is 21.8. The van der Waals surface area contributed by atoms with E-state index < -0.39 is 0 Å². The summed E-state index contributed by atoms with van der Waals surface area (Å²) in [5, 5.41) is 3.00. The number of amides is 2. The summed E-state index contributed by atoms with van der Waals surface area (Å²) in [6.45, 7) is 1.70. The molecular weight excluding hydrogens is 398 g/mol. The Morgan fingerprint density at radius 1 is 0.875 bits per heavy atom. The summed E-state index contributed by atoms with van der Waals surface area (Å²) in [6.07, 6.45) is 6.60. The number of aryl methyl sites for hydroxylation is 2. The molecule has 0 unspecified atom stereocenters. The molecule has 1 fully saturated rings. The molecule has 0 radical (unpaired) electrons. The smallest absolute Gasteiger partial charge is 0.254 e. The highest BCUT2D eigenvalue weighted by atomic mass is 16.2. The van der Waals surface area contributed by atoms with Crippen LogP contribution in [0.5, 0.6) is 0 Å². The molecule has 1 N–H and O–H groups in total. The zero-order valence-corrected chi connectivity index (χ0v) is 18.2. The van der Waals surface area contributed by atoms with Gasteiger partial charge >= 0.3 is 0 Å². The molecule has 1 saturated heterocycles. The molecule has 0 atom stereocenters. The van der Waals surface area contributed by atoms with Crippen molar-refractivity contribution in [3.63, 3.8) is 0 Å². The van der Waals surface area contributed by atoms with Gasteiger partial charge in [-0.25, -0.2) is 0 Å². The van der Waals surface area contributed by atoms with Gasteiger partial charge in [0.2, 0.25) is 5.91 Å². The second kappa shape index (κ2) is 10.7. The molecular formula is C27H29N3O2. The van der Waals surface area contributed by atoms with Crippen molar-refractivity contribution < 1.29 is 9.59 Å². The number of hydrogen-bond acceptors (Lipinski definition) is 3. The van der Waals surface area contributed by atoms with Crippen LogP contribution in [0.4, 0.5) is 0 Å². The Kier molecular flexibility index (Phi) is 7.28. The minimum absolute atomic E-state index is 0.0518. The van der Waals surface area contributed by atoms with E-state index >= 15 is 0 Å². The fourth-order valence-electron chi connectivity index (χ4n) is 4.22. The number of nitrogens with zero attached hydrogens (tertiary/aromatic N) is 2. The molecule has 1 aliphatic rings. The number of carbonyl (C=O) groups excluding carboxylic acids is 2. The monoisotopic (exact) mass is 427 g/mol. The van der Waals surface area contributed by atoms with Crippen molar-refractivity contribution in [2.75, 3.05) is 13.1 Å². The van der Waals surface area contributed by atoms with Crippen LogP contribution >= 0.6 is 0 Å². The zero-order valence-electron chi connectivity index (χ0n) is 18.2. The zero-order chi connectivity index (χ0) is 22.2. The molecule has 32 heavy (non-hydrogen) atoms. The molecule has 2 heterocycles. The van der Waals surface area contributed by atoms with Crippen molar-refractivity contribution in [3.8, 4) is 0 Å². The van der Waals surface area contributed by atoms with Gasteiger partial charge in [0.1, 0.15) is 0 Å². The van der Waals surface area contributed by atoms with Crippen molar-refractivity contribution in [1.82, 2.24) is 15.2 Å². The van der Waals surface area contributed by atoms with Gasteiger partial charge in [-0.3, -0.25) is 14.6 Å². The van der Waals surface area contributed by atoms with Gasteiger partial charge in [-0.2, -0.15) is 0 Å². The van der Waals surface area contributed by atoms with Crippen LogP contribution in [0.2, 0.25) is 0 Å². The fourth-order valence-corrected chi connectivity index (χ4v) is 4.22. The Hall–Kier alpha value is -3.47. The maximum Gasteiger partial charge on any atom is 0.254 e. The van der Waals surface area contributed by atoms with Crippen LogP contribution in [0.25, 0.3) is 0 Å². The number of nitrogens with one attached hydrogen (secondary N) is 1. The molecule has 2 amide bonds. The number of likely N-dealkylation sites (tertiary alicyclic amines) is 1. The van der Waals surface area contributed by atoms with Gasteiger partial charge in [-0.1, -0.05) is 54.6 Å². The normalized spacial score (nSPS) is 14.2. The van der Waals surface area contributed by atoms with E-state index in [1.54, 1.807) is 12.4 Å². The molecule has 164 valence electrons. The highest BCUT2D eigenvalue weighted by Gasteiger charge is 2.28. The third kappa shape index (κ3) is 5.61. The Labute approximate surface area is 189 Å². The minimum atomic E-state index is -0.0518. The number of pyridine rings is 1. The van der Waals surface area contributed by atoms with Crippen molar-refractivity contribution in [2.24, 2.45) is 5.92 Å². The summed E-state index contributed by atoms with van der Waals surface area (Å²) in [5.41, 5.74) is 4.12. The van der Waals surface area contributed by atoms with Crippen LogP contribution in [0, 0.1) is 5.92 Å². The average molecular weight is 428 g/mol. The van der Waals surface area contributed by atoms with Crippen LogP contribution in [-0.4, -0.2) is 34.8 Å². The summed E-state index contributed by atoms with van der Waals surface area (Å²) in [7, 11) is 0. The van der Waals surface area contributed by atoms with Gasteiger partial charge in [0.05, 0.1) is 0 Å². The van der Waals surface area contributed by atoms with E-state index in [2.05, 4.69) is 28.5 Å². The Morgan fingerprint density at radius 3 is 2.34 bits per heavy atom. The molecule has 0 spiro atoms. The molecule has 0 aliphatic carbocycles. The minimum Gasteiger partial charge on any atom is -0.352 e. The molecule has 1 aromatic heterocycles. The Balaban J connectivity index is 1.31. The van der Waals surface area contributed by atoms with Gasteiger partial charge in [0.25, 0.3) is 5.91 Å². The lowest BCUT2D eigenvalue weighted by molar-refractivity contribution is -0.126. The SMILES string of the molecule is O=C(NCc1cccnc1)C1CCN(C(=O)c2ccccc2CCc2ccccc2)CC1. The van der Waals surface area contributed by atoms with Crippen molar-refractivity contribution in [3.05, 3.63) is 101 Å². The number of benzene rings is 2. The molecule has 5 heteroatoms. The molecule has 1 aliphatic heterocycles. The first-order valence-corrected chi connectivity index (χ1v) is 11.3. The number of rotatable bonds is 7. The van der Waals surface area contributed by atoms with Gasteiger partial charge in [-0.05, 0) is 54.5 Å². The molecule has 4 rings (SSSR count). The van der Waals surface area contributed by atoms with E-state index in [4.69, 9.17) is 0 Å². The number of hydrogen-bond donors (Lipinski definition) is 1. The number of carbonyl (C=O) groups is 2. The third-order valence-electron chi connectivity index (χ3n) is 6.12. The maximum absolute atomic E-state index is 13.2. The quantitative estimate of drug-likeness (QED) is 0.619. The Morgan fingerprint density at radius 2 is 1.59 bits per heavy atom. The van der Waals surface area contributed by atoms with Crippen LogP contribution in [0.15, 0.2) is 79.1 Å². The van der Waals surface area contributed by atoms with Crippen LogP contribution in [0.1, 0.15) is 39.9 Å². The lowest BCUT2D eigenvalue weighted by Crippen LogP contribution is -2.43. The molecule has 0 saturated carbocycles. The topological polar surface area (TPSA) is 62.3 Å². The van der Waals surface area contributed by atoms with E-state index in [1.165, 1.54) is 5.56 Å². The lowest BCUT2D eigenvalue weighted by atomic mass is 9.94. The van der Waals surface area contributed by atoms with Gasteiger partial charge in [-0.15, -0.1) is 0 Å². The van der Waals surface area contributed by atoms with Gasteiger partial charge in [0, 0.05) is 43.5 Å². The first-order valence-electron chi connectivity index (χ1n) is 11.3. The maximum atomic E-state index is 13.2. The highest BCUT2D eigenvalue weighted by molar-refractivity contribution is 5.96.